The Morgan fingerprint density at radius 1 is 1.11 bits per heavy atom. The van der Waals surface area contributed by atoms with Crippen LogP contribution in [0.3, 0.4) is 0 Å². The van der Waals surface area contributed by atoms with Crippen LogP contribution >= 0.6 is 0 Å². The average molecular weight is 252 g/mol. The fourth-order valence-electron chi connectivity index (χ4n) is 1.60. The second-order valence-electron chi connectivity index (χ2n) is 3.71. The maximum Gasteiger partial charge on any atom is 0.346 e. The van der Waals surface area contributed by atoms with Gasteiger partial charge in [0.15, 0.2) is 6.10 Å². The predicted molar refractivity (Wildman–Crippen MR) is 54.8 cm³/mol. The predicted octanol–water partition coefficient (Wildman–Crippen LogP) is -0.524. The normalized spacial score (nSPS) is 17.0. The topological polar surface area (TPSA) is 121 Å². The Hall–Kier alpha value is -2.25. The monoisotopic (exact) mass is 252 g/mol. The number of cyclic esters (lactones) is 2. The lowest BCUT2D eigenvalue weighted by atomic mass is 9.99. The van der Waals surface area contributed by atoms with E-state index in [1.54, 1.807) is 0 Å². The van der Waals surface area contributed by atoms with Crippen LogP contribution < -0.4 is 0 Å². The number of ether oxygens (including phenoxy) is 1. The van der Waals surface area contributed by atoms with Gasteiger partial charge in [0.2, 0.25) is 0 Å². The van der Waals surface area contributed by atoms with E-state index in [9.17, 15) is 24.6 Å². The van der Waals surface area contributed by atoms with Crippen LogP contribution in [0.2, 0.25) is 0 Å². The van der Waals surface area contributed by atoms with Gasteiger partial charge in [-0.2, -0.15) is 0 Å². The first kappa shape index (κ1) is 12.2. The molecule has 0 saturated carbocycles. The van der Waals surface area contributed by atoms with E-state index in [4.69, 9.17) is 5.11 Å². The molecule has 2 unspecified atom stereocenters. The molecule has 0 saturated heterocycles. The van der Waals surface area contributed by atoms with Gasteiger partial charge in [0.05, 0.1) is 11.1 Å². The number of rotatable bonds is 3. The van der Waals surface area contributed by atoms with Crippen molar-refractivity contribution >= 4 is 17.9 Å². The van der Waals surface area contributed by atoms with Crippen LogP contribution in [-0.2, 0) is 9.53 Å². The zero-order valence-electron chi connectivity index (χ0n) is 8.86. The summed E-state index contributed by atoms with van der Waals surface area (Å²) >= 11 is 0. The third-order valence-electron chi connectivity index (χ3n) is 2.56. The van der Waals surface area contributed by atoms with Gasteiger partial charge in [0.25, 0.3) is 0 Å². The van der Waals surface area contributed by atoms with Gasteiger partial charge in [-0.1, -0.05) is 6.07 Å². The highest BCUT2D eigenvalue weighted by Gasteiger charge is 2.32. The van der Waals surface area contributed by atoms with Crippen molar-refractivity contribution in [2.45, 2.75) is 12.2 Å². The van der Waals surface area contributed by atoms with Gasteiger partial charge in [-0.05, 0) is 17.7 Å². The SMILES string of the molecule is O=C1OC(=O)c2cc(C(O)C(O)C(=O)O)ccc21. The lowest BCUT2D eigenvalue weighted by molar-refractivity contribution is -0.153. The van der Waals surface area contributed by atoms with E-state index in [1.807, 2.05) is 0 Å². The van der Waals surface area contributed by atoms with Gasteiger partial charge in [-0.15, -0.1) is 0 Å². The highest BCUT2D eigenvalue weighted by atomic mass is 16.6. The van der Waals surface area contributed by atoms with E-state index in [1.165, 1.54) is 12.1 Å². The molecule has 2 rings (SSSR count). The van der Waals surface area contributed by atoms with Crippen molar-refractivity contribution in [1.82, 2.24) is 0 Å². The Labute approximate surface area is 100 Å². The number of fused-ring (bicyclic) bond motifs is 1. The fourth-order valence-corrected chi connectivity index (χ4v) is 1.60. The standard InChI is InChI=1S/C11H8O7/c12-7(8(13)9(14)15)4-1-2-5-6(3-4)11(17)18-10(5)16/h1-3,7-8,12-13H,(H,14,15). The molecule has 1 aromatic rings. The van der Waals surface area contributed by atoms with Gasteiger partial charge in [0.1, 0.15) is 6.10 Å². The molecule has 7 heteroatoms. The van der Waals surface area contributed by atoms with Crippen molar-refractivity contribution in [2.24, 2.45) is 0 Å². The summed E-state index contributed by atoms with van der Waals surface area (Å²) in [5.74, 6) is -3.26. The number of aliphatic hydroxyl groups excluding tert-OH is 2. The van der Waals surface area contributed by atoms with Crippen molar-refractivity contribution in [3.8, 4) is 0 Å². The Bertz CT molecular complexity index is 548. The first-order chi connectivity index (χ1) is 8.41. The molecule has 0 bridgehead atoms. The molecule has 18 heavy (non-hydrogen) atoms. The van der Waals surface area contributed by atoms with Gasteiger partial charge >= 0.3 is 17.9 Å². The maximum absolute atomic E-state index is 11.3. The zero-order valence-corrected chi connectivity index (χ0v) is 8.86. The molecule has 0 radical (unpaired) electrons. The highest BCUT2D eigenvalue weighted by molar-refractivity contribution is 6.14. The number of carbonyl (C=O) groups is 3. The van der Waals surface area contributed by atoms with E-state index in [-0.39, 0.29) is 16.7 Å². The Balaban J connectivity index is 2.38. The fraction of sp³-hybridized carbons (Fsp3) is 0.182. The number of aliphatic carboxylic acids is 1. The molecule has 0 spiro atoms. The number of benzene rings is 1. The summed E-state index contributed by atoms with van der Waals surface area (Å²) in [5.41, 5.74) is -0.00907. The van der Waals surface area contributed by atoms with E-state index < -0.39 is 30.1 Å². The molecule has 3 N–H and O–H groups in total. The number of carbonyl (C=O) groups excluding carboxylic acids is 2. The molecule has 1 aliphatic rings. The number of esters is 2. The minimum atomic E-state index is -2.02. The molecular weight excluding hydrogens is 244 g/mol. The van der Waals surface area contributed by atoms with Crippen LogP contribution in [-0.4, -0.2) is 39.3 Å². The molecular formula is C11H8O7. The van der Waals surface area contributed by atoms with Crippen molar-refractivity contribution in [3.05, 3.63) is 34.9 Å². The number of hydrogen-bond acceptors (Lipinski definition) is 6. The molecule has 1 aliphatic heterocycles. The molecule has 0 fully saturated rings. The number of carboxylic acid groups (broad SMARTS) is 1. The van der Waals surface area contributed by atoms with Crippen molar-refractivity contribution in [3.63, 3.8) is 0 Å². The summed E-state index contributed by atoms with van der Waals surface area (Å²) in [7, 11) is 0. The minimum Gasteiger partial charge on any atom is -0.479 e. The summed E-state index contributed by atoms with van der Waals surface area (Å²) in [5, 5.41) is 27.3. The molecule has 2 atom stereocenters. The lowest BCUT2D eigenvalue weighted by Crippen LogP contribution is -2.27. The van der Waals surface area contributed by atoms with Crippen molar-refractivity contribution < 1.29 is 34.4 Å². The Morgan fingerprint density at radius 3 is 2.33 bits per heavy atom. The van der Waals surface area contributed by atoms with Gasteiger partial charge < -0.3 is 20.1 Å². The minimum absolute atomic E-state index is 0.00954. The largest absolute Gasteiger partial charge is 0.479 e. The quantitative estimate of drug-likeness (QED) is 0.488. The second-order valence-corrected chi connectivity index (χ2v) is 3.71. The van der Waals surface area contributed by atoms with Gasteiger partial charge in [-0.25, -0.2) is 14.4 Å². The summed E-state index contributed by atoms with van der Waals surface area (Å²) in [4.78, 5) is 32.9. The first-order valence-electron chi connectivity index (χ1n) is 4.91. The van der Waals surface area contributed by atoms with E-state index >= 15 is 0 Å². The molecule has 94 valence electrons. The van der Waals surface area contributed by atoms with Crippen LogP contribution in [0, 0.1) is 0 Å². The van der Waals surface area contributed by atoms with Crippen LogP contribution in [0.4, 0.5) is 0 Å². The third-order valence-corrected chi connectivity index (χ3v) is 2.56. The Morgan fingerprint density at radius 2 is 1.72 bits per heavy atom. The van der Waals surface area contributed by atoms with E-state index in [0.29, 0.717) is 0 Å². The third kappa shape index (κ3) is 1.85. The maximum atomic E-state index is 11.3. The molecule has 0 amide bonds. The summed E-state index contributed by atoms with van der Waals surface area (Å²) < 4.78 is 4.34. The van der Waals surface area contributed by atoms with Crippen LogP contribution in [0.25, 0.3) is 0 Å². The van der Waals surface area contributed by atoms with Crippen molar-refractivity contribution in [1.29, 1.82) is 0 Å². The summed E-state index contributed by atoms with van der Waals surface area (Å²) in [6.45, 7) is 0. The Kier molecular flexibility index (Phi) is 2.85. The number of aliphatic hydroxyl groups is 2. The first-order valence-corrected chi connectivity index (χ1v) is 4.91. The number of hydrogen-bond donors (Lipinski definition) is 3. The molecule has 0 aliphatic carbocycles. The summed E-state index contributed by atoms with van der Waals surface area (Å²) in [6, 6.07) is 3.60. The smallest absolute Gasteiger partial charge is 0.346 e. The van der Waals surface area contributed by atoms with Crippen molar-refractivity contribution in [2.75, 3.05) is 0 Å². The van der Waals surface area contributed by atoms with Gasteiger partial charge in [0, 0.05) is 0 Å². The molecule has 1 heterocycles. The second kappa shape index (κ2) is 4.21. The average Bonchev–Trinajstić information content (AvgIpc) is 2.62. The van der Waals surface area contributed by atoms with E-state index in [0.717, 1.165) is 6.07 Å². The molecule has 7 nitrogen and oxygen atoms in total. The lowest BCUT2D eigenvalue weighted by Gasteiger charge is -2.14. The van der Waals surface area contributed by atoms with Gasteiger partial charge in [-0.3, -0.25) is 0 Å². The summed E-state index contributed by atoms with van der Waals surface area (Å²) in [6.07, 6.45) is -3.72. The van der Waals surface area contributed by atoms with Crippen LogP contribution in [0.1, 0.15) is 32.4 Å². The highest BCUT2D eigenvalue weighted by Crippen LogP contribution is 2.25. The number of carboxylic acids is 1. The van der Waals surface area contributed by atoms with E-state index in [2.05, 4.69) is 4.74 Å². The van der Waals surface area contributed by atoms with Crippen LogP contribution in [0.5, 0.6) is 0 Å². The molecule has 0 aromatic heterocycles. The van der Waals surface area contributed by atoms with Crippen LogP contribution in [0.15, 0.2) is 18.2 Å². The zero-order chi connectivity index (χ0) is 13.4. The molecule has 1 aromatic carbocycles.